The van der Waals surface area contributed by atoms with Gasteiger partial charge in [-0.25, -0.2) is 9.59 Å². The molecule has 1 amide bonds. The van der Waals surface area contributed by atoms with Crippen molar-refractivity contribution in [3.63, 3.8) is 0 Å². The molecule has 0 aromatic rings. The van der Waals surface area contributed by atoms with Crippen molar-refractivity contribution in [3.8, 4) is 0 Å². The van der Waals surface area contributed by atoms with Crippen LogP contribution in [-0.4, -0.2) is 39.8 Å². The van der Waals surface area contributed by atoms with Gasteiger partial charge in [0.05, 0.1) is 0 Å². The molecule has 1 fully saturated rings. The molecule has 5 heteroatoms. The number of carboxylic acid groups (broad SMARTS) is 1. The Kier molecular flexibility index (Phi) is 4.84. The van der Waals surface area contributed by atoms with Gasteiger partial charge in [-0.15, -0.1) is 6.58 Å². The first-order valence-corrected chi connectivity index (χ1v) is 6.91. The van der Waals surface area contributed by atoms with E-state index in [9.17, 15) is 14.7 Å². The number of carbonyl (C=O) groups is 2. The summed E-state index contributed by atoms with van der Waals surface area (Å²) >= 11 is 0. The first-order valence-electron chi connectivity index (χ1n) is 6.91. The zero-order valence-corrected chi connectivity index (χ0v) is 13.0. The molecule has 1 aliphatic rings. The van der Waals surface area contributed by atoms with Crippen molar-refractivity contribution in [2.45, 2.75) is 65.1 Å². The highest BCUT2D eigenvalue weighted by Crippen LogP contribution is 2.34. The highest BCUT2D eigenvalue weighted by atomic mass is 16.6. The summed E-state index contributed by atoms with van der Waals surface area (Å²) in [5.41, 5.74) is 0.293. The molecule has 0 aromatic heterocycles. The molecule has 0 saturated carbocycles. The Morgan fingerprint density at radius 3 is 2.35 bits per heavy atom. The zero-order valence-electron chi connectivity index (χ0n) is 13.0. The second-order valence-corrected chi connectivity index (χ2v) is 6.68. The maximum absolute atomic E-state index is 12.3. The highest BCUT2D eigenvalue weighted by Gasteiger charge is 2.46. The van der Waals surface area contributed by atoms with Crippen molar-refractivity contribution in [2.75, 3.05) is 0 Å². The summed E-state index contributed by atoms with van der Waals surface area (Å²) in [6, 6.07) is -0.979. The minimum Gasteiger partial charge on any atom is -0.480 e. The molecule has 1 aliphatic heterocycles. The Morgan fingerprint density at radius 2 is 1.95 bits per heavy atom. The van der Waals surface area contributed by atoms with E-state index in [0.717, 1.165) is 5.57 Å². The van der Waals surface area contributed by atoms with Crippen LogP contribution in [0.4, 0.5) is 4.79 Å². The van der Waals surface area contributed by atoms with Gasteiger partial charge in [0, 0.05) is 6.04 Å². The van der Waals surface area contributed by atoms with Crippen LogP contribution in [0.15, 0.2) is 12.2 Å². The highest BCUT2D eigenvalue weighted by molar-refractivity contribution is 5.81. The summed E-state index contributed by atoms with van der Waals surface area (Å²) in [5.74, 6) is -0.868. The lowest BCUT2D eigenvalue weighted by molar-refractivity contribution is -0.142. The van der Waals surface area contributed by atoms with Crippen LogP contribution in [0.25, 0.3) is 0 Å². The minimum absolute atomic E-state index is 0.111. The predicted octanol–water partition coefficient (Wildman–Crippen LogP) is 3.05. The van der Waals surface area contributed by atoms with Crippen LogP contribution < -0.4 is 0 Å². The Bertz CT molecular complexity index is 411. The number of ether oxygens (including phenoxy) is 1. The molecular weight excluding hydrogens is 258 g/mol. The first-order chi connectivity index (χ1) is 9.03. The number of aliphatic carboxylic acids is 1. The van der Waals surface area contributed by atoms with Crippen molar-refractivity contribution >= 4 is 12.1 Å². The van der Waals surface area contributed by atoms with Crippen LogP contribution >= 0.6 is 0 Å². The third-order valence-corrected chi connectivity index (χ3v) is 3.39. The number of nitrogens with zero attached hydrogens (tertiary/aromatic N) is 1. The second kappa shape index (κ2) is 5.85. The van der Waals surface area contributed by atoms with Crippen molar-refractivity contribution in [1.82, 2.24) is 4.90 Å². The van der Waals surface area contributed by atoms with E-state index < -0.39 is 23.7 Å². The quantitative estimate of drug-likeness (QED) is 0.808. The average molecular weight is 283 g/mol. The maximum Gasteiger partial charge on any atom is 0.411 e. The molecule has 1 unspecified atom stereocenters. The van der Waals surface area contributed by atoms with Crippen molar-refractivity contribution in [2.24, 2.45) is 5.92 Å². The van der Waals surface area contributed by atoms with E-state index in [4.69, 9.17) is 4.74 Å². The SMILES string of the molecule is C=C(C)CC1[C@@H](C)C[C@@H](C(=O)O)N1C(=O)OC(C)(C)C. The van der Waals surface area contributed by atoms with Gasteiger partial charge in [-0.2, -0.15) is 0 Å². The van der Waals surface area contributed by atoms with Crippen molar-refractivity contribution in [3.05, 3.63) is 12.2 Å². The van der Waals surface area contributed by atoms with Gasteiger partial charge in [-0.3, -0.25) is 4.90 Å². The fraction of sp³-hybridized carbons (Fsp3) is 0.733. The number of hydrogen-bond acceptors (Lipinski definition) is 3. The number of carbonyl (C=O) groups excluding carboxylic acids is 1. The predicted molar refractivity (Wildman–Crippen MR) is 76.5 cm³/mol. The van der Waals surface area contributed by atoms with Crippen molar-refractivity contribution in [1.29, 1.82) is 0 Å². The summed E-state index contributed by atoms with van der Waals surface area (Å²) in [5, 5.41) is 9.33. The Labute approximate surface area is 120 Å². The molecule has 5 nitrogen and oxygen atoms in total. The van der Waals surface area contributed by atoms with Crippen LogP contribution in [0.3, 0.4) is 0 Å². The third-order valence-electron chi connectivity index (χ3n) is 3.39. The molecule has 0 aliphatic carbocycles. The molecule has 0 radical (unpaired) electrons. The summed E-state index contributed by atoms with van der Waals surface area (Å²) in [6.45, 7) is 13.0. The third kappa shape index (κ3) is 3.99. The summed E-state index contributed by atoms with van der Waals surface area (Å²) < 4.78 is 5.36. The fourth-order valence-corrected chi connectivity index (χ4v) is 2.58. The monoisotopic (exact) mass is 283 g/mol. The lowest BCUT2D eigenvalue weighted by atomic mass is 9.96. The molecule has 1 saturated heterocycles. The molecular formula is C15H25NO4. The average Bonchev–Trinajstić information content (AvgIpc) is 2.53. The van der Waals surface area contributed by atoms with Gasteiger partial charge in [-0.05, 0) is 46.5 Å². The van der Waals surface area contributed by atoms with Crippen LogP contribution in [0, 0.1) is 5.92 Å². The van der Waals surface area contributed by atoms with Gasteiger partial charge < -0.3 is 9.84 Å². The van der Waals surface area contributed by atoms with E-state index in [1.165, 1.54) is 4.90 Å². The molecule has 114 valence electrons. The van der Waals surface area contributed by atoms with Crippen LogP contribution in [0.5, 0.6) is 0 Å². The van der Waals surface area contributed by atoms with E-state index in [1.54, 1.807) is 20.8 Å². The van der Waals surface area contributed by atoms with E-state index in [0.29, 0.717) is 12.8 Å². The largest absolute Gasteiger partial charge is 0.480 e. The molecule has 3 atom stereocenters. The Hall–Kier alpha value is -1.52. The number of carboxylic acids is 1. The summed E-state index contributed by atoms with van der Waals surface area (Å²) in [7, 11) is 0. The van der Waals surface area contributed by atoms with E-state index in [-0.39, 0.29) is 12.0 Å². The normalized spacial score (nSPS) is 26.4. The molecule has 1 rings (SSSR count). The number of rotatable bonds is 3. The van der Waals surface area contributed by atoms with Gasteiger partial charge >= 0.3 is 12.1 Å². The molecule has 1 heterocycles. The van der Waals surface area contributed by atoms with Gasteiger partial charge in [0.2, 0.25) is 0 Å². The maximum atomic E-state index is 12.3. The van der Waals surface area contributed by atoms with E-state index in [1.807, 2.05) is 13.8 Å². The second-order valence-electron chi connectivity index (χ2n) is 6.68. The smallest absolute Gasteiger partial charge is 0.411 e. The Balaban J connectivity index is 3.00. The fourth-order valence-electron chi connectivity index (χ4n) is 2.58. The molecule has 0 spiro atoms. The van der Waals surface area contributed by atoms with Crippen LogP contribution in [-0.2, 0) is 9.53 Å². The number of amides is 1. The lowest BCUT2D eigenvalue weighted by Gasteiger charge is -2.32. The number of likely N-dealkylation sites (tertiary alicyclic amines) is 1. The Morgan fingerprint density at radius 1 is 1.40 bits per heavy atom. The topological polar surface area (TPSA) is 66.8 Å². The molecule has 20 heavy (non-hydrogen) atoms. The van der Waals surface area contributed by atoms with Crippen LogP contribution in [0.2, 0.25) is 0 Å². The summed E-state index contributed by atoms with van der Waals surface area (Å²) in [6.07, 6.45) is 0.497. The molecule has 0 bridgehead atoms. The number of hydrogen-bond donors (Lipinski definition) is 1. The van der Waals surface area contributed by atoms with Gasteiger partial charge in [0.25, 0.3) is 0 Å². The lowest BCUT2D eigenvalue weighted by Crippen LogP contribution is -2.47. The molecule has 0 aromatic carbocycles. The molecule has 1 N–H and O–H groups in total. The minimum atomic E-state index is -0.980. The van der Waals surface area contributed by atoms with Crippen LogP contribution in [0.1, 0.15) is 47.5 Å². The van der Waals surface area contributed by atoms with Gasteiger partial charge in [0.15, 0.2) is 0 Å². The van der Waals surface area contributed by atoms with E-state index >= 15 is 0 Å². The van der Waals surface area contributed by atoms with Crippen molar-refractivity contribution < 1.29 is 19.4 Å². The summed E-state index contributed by atoms with van der Waals surface area (Å²) in [4.78, 5) is 25.1. The standard InChI is InChI=1S/C15H25NO4/c1-9(2)7-11-10(3)8-12(13(17)18)16(11)14(19)20-15(4,5)6/h10-12H,1,7-8H2,2-6H3,(H,17,18)/t10-,11?,12-/m0/s1. The van der Waals surface area contributed by atoms with E-state index in [2.05, 4.69) is 6.58 Å². The zero-order chi connectivity index (χ0) is 15.7. The van der Waals surface area contributed by atoms with Gasteiger partial charge in [-0.1, -0.05) is 12.5 Å². The van der Waals surface area contributed by atoms with Gasteiger partial charge in [0.1, 0.15) is 11.6 Å². The first kappa shape index (κ1) is 16.5.